The minimum Gasteiger partial charge on any atom is -0.364 e. The first-order chi connectivity index (χ1) is 9.84. The summed E-state index contributed by atoms with van der Waals surface area (Å²) >= 11 is 0. The largest absolute Gasteiger partial charge is 0.364 e. The first kappa shape index (κ1) is 16.5. The topological polar surface area (TPSA) is 75.4 Å². The molecular formula is C14H25N3O3S. The van der Waals surface area contributed by atoms with Gasteiger partial charge in [0.2, 0.25) is 10.0 Å². The van der Waals surface area contributed by atoms with Gasteiger partial charge in [-0.3, -0.25) is 0 Å². The lowest BCUT2D eigenvalue weighted by Gasteiger charge is -2.36. The third-order valence-corrected chi connectivity index (χ3v) is 5.12. The molecule has 0 amide bonds. The molecule has 1 saturated heterocycles. The molecule has 0 aliphatic carbocycles. The summed E-state index contributed by atoms with van der Waals surface area (Å²) < 4.78 is 31.5. The first-order valence-electron chi connectivity index (χ1n) is 7.45. The molecule has 1 aromatic rings. The predicted octanol–water partition coefficient (Wildman–Crippen LogP) is 1.46. The molecule has 21 heavy (non-hydrogen) atoms. The van der Waals surface area contributed by atoms with Gasteiger partial charge in [-0.2, -0.15) is 0 Å². The van der Waals surface area contributed by atoms with Gasteiger partial charge in [0.1, 0.15) is 12.0 Å². The number of nitrogens with one attached hydrogen (secondary N) is 1. The number of likely N-dealkylation sites (tertiary alicyclic amines) is 1. The predicted molar refractivity (Wildman–Crippen MR) is 81.1 cm³/mol. The number of piperidine rings is 1. The fourth-order valence-electron chi connectivity index (χ4n) is 3.22. The van der Waals surface area contributed by atoms with E-state index in [1.165, 1.54) is 12.7 Å². The first-order valence-corrected chi connectivity index (χ1v) is 9.11. The average Bonchev–Trinajstić information content (AvgIpc) is 2.77. The number of sulfonamides is 1. The molecule has 2 heterocycles. The normalized spacial score (nSPS) is 25.9. The van der Waals surface area contributed by atoms with E-state index < -0.39 is 10.0 Å². The zero-order valence-corrected chi connectivity index (χ0v) is 13.8. The van der Waals surface area contributed by atoms with Gasteiger partial charge in [-0.05, 0) is 25.2 Å². The number of hydrogen-bond donors (Lipinski definition) is 1. The highest BCUT2D eigenvalue weighted by atomic mass is 32.2. The van der Waals surface area contributed by atoms with Crippen molar-refractivity contribution in [1.82, 2.24) is 14.8 Å². The highest BCUT2D eigenvalue weighted by Crippen LogP contribution is 2.20. The summed E-state index contributed by atoms with van der Waals surface area (Å²) in [5, 5.41) is 3.64. The second kappa shape index (κ2) is 6.89. The Morgan fingerprint density at radius 2 is 2.10 bits per heavy atom. The highest BCUT2D eigenvalue weighted by molar-refractivity contribution is 7.88. The molecule has 0 aromatic carbocycles. The van der Waals surface area contributed by atoms with Gasteiger partial charge in [-0.1, -0.05) is 19.0 Å². The summed E-state index contributed by atoms with van der Waals surface area (Å²) in [6.07, 6.45) is 2.63. The van der Waals surface area contributed by atoms with Crippen molar-refractivity contribution >= 4 is 10.0 Å². The minimum atomic E-state index is -3.38. The van der Waals surface area contributed by atoms with Gasteiger partial charge in [0, 0.05) is 31.7 Å². The van der Waals surface area contributed by atoms with Crippen molar-refractivity contribution in [3.8, 4) is 0 Å². The third kappa shape index (κ3) is 5.41. The molecule has 6 nitrogen and oxygen atoms in total. The Morgan fingerprint density at radius 1 is 1.43 bits per heavy atom. The summed E-state index contributed by atoms with van der Waals surface area (Å²) in [6, 6.07) is 1.46. The van der Waals surface area contributed by atoms with Crippen LogP contribution in [0.2, 0.25) is 0 Å². The zero-order chi connectivity index (χ0) is 15.5. The molecule has 3 atom stereocenters. The van der Waals surface area contributed by atoms with E-state index in [-0.39, 0.29) is 11.8 Å². The average molecular weight is 315 g/mol. The lowest BCUT2D eigenvalue weighted by Crippen LogP contribution is -2.47. The molecule has 0 saturated carbocycles. The summed E-state index contributed by atoms with van der Waals surface area (Å²) in [6.45, 7) is 9.24. The third-order valence-electron chi connectivity index (χ3n) is 3.69. The van der Waals surface area contributed by atoms with E-state index in [4.69, 9.17) is 0 Å². The van der Waals surface area contributed by atoms with Crippen molar-refractivity contribution < 1.29 is 12.9 Å². The Labute approximate surface area is 126 Å². The summed E-state index contributed by atoms with van der Waals surface area (Å²) in [4.78, 5) is 2.35. The van der Waals surface area contributed by atoms with Gasteiger partial charge in [0.15, 0.2) is 0 Å². The molecule has 120 valence electrons. The second-order valence-electron chi connectivity index (χ2n) is 6.43. The fourth-order valence-corrected chi connectivity index (χ4v) is 4.53. The Hall–Kier alpha value is -0.920. The standard InChI is InChI=1S/C14H25N3O3S/c1-11-6-12(2)8-17(7-11)9-13(3)16-21(18,19)10-14-4-5-20-15-14/h4-5,11-13,16H,6-10H2,1-3H3/t11-,12+,13-/m0/s1. The SMILES string of the molecule is C[C@@H]1C[C@H](C)CN(C[C@H](C)NS(=O)(=O)Cc2ccon2)C1. The highest BCUT2D eigenvalue weighted by Gasteiger charge is 2.24. The molecule has 1 aromatic heterocycles. The van der Waals surface area contributed by atoms with Crippen LogP contribution in [-0.2, 0) is 15.8 Å². The molecule has 1 aliphatic rings. The second-order valence-corrected chi connectivity index (χ2v) is 8.19. The lowest BCUT2D eigenvalue weighted by atomic mass is 9.92. The number of aromatic nitrogens is 1. The van der Waals surface area contributed by atoms with E-state index in [1.807, 2.05) is 6.92 Å². The Balaban J connectivity index is 1.84. The molecule has 0 spiro atoms. The van der Waals surface area contributed by atoms with Crippen LogP contribution in [-0.4, -0.2) is 44.2 Å². The molecule has 1 aliphatic heterocycles. The van der Waals surface area contributed by atoms with Gasteiger partial charge in [0.05, 0.1) is 5.69 Å². The van der Waals surface area contributed by atoms with Gasteiger partial charge in [-0.15, -0.1) is 0 Å². The van der Waals surface area contributed by atoms with Crippen LogP contribution in [0.5, 0.6) is 0 Å². The molecule has 2 rings (SSSR count). The smallest absolute Gasteiger partial charge is 0.217 e. The van der Waals surface area contributed by atoms with Crippen LogP contribution >= 0.6 is 0 Å². The van der Waals surface area contributed by atoms with Gasteiger partial charge in [0.25, 0.3) is 0 Å². The van der Waals surface area contributed by atoms with Gasteiger partial charge < -0.3 is 9.42 Å². The van der Waals surface area contributed by atoms with E-state index >= 15 is 0 Å². The maximum Gasteiger partial charge on any atom is 0.217 e. The number of rotatable bonds is 6. The van der Waals surface area contributed by atoms with Crippen molar-refractivity contribution in [3.05, 3.63) is 18.0 Å². The molecule has 7 heteroatoms. The van der Waals surface area contributed by atoms with Crippen LogP contribution in [0.1, 0.15) is 32.9 Å². The molecule has 1 N–H and O–H groups in total. The van der Waals surface area contributed by atoms with E-state index in [0.29, 0.717) is 17.5 Å². The van der Waals surface area contributed by atoms with Crippen LogP contribution in [0.3, 0.4) is 0 Å². The summed E-state index contributed by atoms with van der Waals surface area (Å²) in [7, 11) is -3.38. The quantitative estimate of drug-likeness (QED) is 0.860. The monoisotopic (exact) mass is 315 g/mol. The molecule has 0 unspecified atom stereocenters. The maximum atomic E-state index is 12.1. The Kier molecular flexibility index (Phi) is 5.40. The van der Waals surface area contributed by atoms with Crippen LogP contribution in [0.15, 0.2) is 16.9 Å². The molecule has 0 bridgehead atoms. The van der Waals surface area contributed by atoms with Crippen LogP contribution in [0, 0.1) is 11.8 Å². The maximum absolute atomic E-state index is 12.1. The summed E-state index contributed by atoms with van der Waals surface area (Å²) in [5.74, 6) is 1.21. The number of nitrogens with zero attached hydrogens (tertiary/aromatic N) is 2. The zero-order valence-electron chi connectivity index (χ0n) is 12.9. The van der Waals surface area contributed by atoms with E-state index in [0.717, 1.165) is 19.6 Å². The van der Waals surface area contributed by atoms with Crippen molar-refractivity contribution in [1.29, 1.82) is 0 Å². The number of hydrogen-bond acceptors (Lipinski definition) is 5. The van der Waals surface area contributed by atoms with Gasteiger partial charge in [-0.25, -0.2) is 13.1 Å². The lowest BCUT2D eigenvalue weighted by molar-refractivity contribution is 0.134. The van der Waals surface area contributed by atoms with E-state index in [1.54, 1.807) is 6.07 Å². The van der Waals surface area contributed by atoms with Gasteiger partial charge >= 0.3 is 0 Å². The molecular weight excluding hydrogens is 290 g/mol. The van der Waals surface area contributed by atoms with Crippen molar-refractivity contribution in [2.75, 3.05) is 19.6 Å². The minimum absolute atomic E-state index is 0.112. The van der Waals surface area contributed by atoms with Crippen LogP contribution in [0.25, 0.3) is 0 Å². The van der Waals surface area contributed by atoms with Crippen molar-refractivity contribution in [3.63, 3.8) is 0 Å². The van der Waals surface area contributed by atoms with Crippen LogP contribution in [0.4, 0.5) is 0 Å². The summed E-state index contributed by atoms with van der Waals surface area (Å²) in [5.41, 5.74) is 0.426. The Morgan fingerprint density at radius 3 is 2.67 bits per heavy atom. The Bertz CT molecular complexity index is 520. The molecule has 0 radical (unpaired) electrons. The van der Waals surface area contributed by atoms with E-state index in [9.17, 15) is 8.42 Å². The fraction of sp³-hybridized carbons (Fsp3) is 0.786. The molecule has 1 fully saturated rings. The van der Waals surface area contributed by atoms with Crippen molar-refractivity contribution in [2.45, 2.75) is 39.0 Å². The van der Waals surface area contributed by atoms with E-state index in [2.05, 4.69) is 33.1 Å². The van der Waals surface area contributed by atoms with Crippen LogP contribution < -0.4 is 4.72 Å². The van der Waals surface area contributed by atoms with Crippen molar-refractivity contribution in [2.24, 2.45) is 11.8 Å².